The van der Waals surface area contributed by atoms with Gasteiger partial charge < -0.3 is 19.9 Å². The minimum atomic E-state index is -0.492. The summed E-state index contributed by atoms with van der Waals surface area (Å²) in [5, 5.41) is 13.3. The number of hydrogen-bond donors (Lipinski definition) is 2. The Morgan fingerprint density at radius 3 is 2.79 bits per heavy atom. The number of methoxy groups -OCH3 is 2. The predicted molar refractivity (Wildman–Crippen MR) is 76.6 cm³/mol. The first kappa shape index (κ1) is 16.0. The van der Waals surface area contributed by atoms with Crippen LogP contribution >= 0.6 is 0 Å². The highest BCUT2D eigenvalue weighted by Crippen LogP contribution is 2.18. The van der Waals surface area contributed by atoms with E-state index in [0.717, 1.165) is 43.7 Å². The second-order valence-electron chi connectivity index (χ2n) is 4.55. The molecular formula is C15H25NO3. The zero-order valence-corrected chi connectivity index (χ0v) is 11.9. The van der Waals surface area contributed by atoms with Crippen LogP contribution in [0, 0.1) is 0 Å². The van der Waals surface area contributed by atoms with Crippen LogP contribution in [0.15, 0.2) is 24.3 Å². The molecule has 0 aliphatic carbocycles. The summed E-state index contributed by atoms with van der Waals surface area (Å²) < 4.78 is 10.1. The number of aliphatic hydroxyl groups is 1. The Bertz CT molecular complexity index is 344. The van der Waals surface area contributed by atoms with Crippen LogP contribution in [0.4, 0.5) is 0 Å². The predicted octanol–water partition coefficient (Wildman–Crippen LogP) is 2.13. The molecule has 1 atom stereocenters. The summed E-state index contributed by atoms with van der Waals surface area (Å²) in [5.41, 5.74) is 0.881. The molecule has 0 aliphatic heterocycles. The van der Waals surface area contributed by atoms with Crippen molar-refractivity contribution in [3.63, 3.8) is 0 Å². The van der Waals surface area contributed by atoms with Crippen LogP contribution in [0.5, 0.6) is 5.75 Å². The monoisotopic (exact) mass is 267 g/mol. The Labute approximate surface area is 115 Å². The van der Waals surface area contributed by atoms with Crippen molar-refractivity contribution < 1.29 is 14.6 Å². The molecule has 0 aliphatic rings. The molecule has 2 N–H and O–H groups in total. The number of nitrogens with one attached hydrogen (secondary N) is 1. The van der Waals surface area contributed by atoms with Crippen molar-refractivity contribution >= 4 is 0 Å². The van der Waals surface area contributed by atoms with E-state index >= 15 is 0 Å². The maximum absolute atomic E-state index is 10.0. The molecule has 0 heterocycles. The largest absolute Gasteiger partial charge is 0.497 e. The summed E-state index contributed by atoms with van der Waals surface area (Å²) in [7, 11) is 3.35. The topological polar surface area (TPSA) is 50.7 Å². The molecule has 0 amide bonds. The lowest BCUT2D eigenvalue weighted by molar-refractivity contribution is 0.173. The molecule has 1 aromatic carbocycles. The molecule has 0 saturated carbocycles. The standard InChI is InChI=1S/C15H25NO3/c1-18-10-5-3-4-9-16-12-15(17)13-7-6-8-14(11-13)19-2/h6-8,11,15-17H,3-5,9-10,12H2,1-2H3. The molecule has 0 aromatic heterocycles. The second-order valence-corrected chi connectivity index (χ2v) is 4.55. The Morgan fingerprint density at radius 1 is 1.21 bits per heavy atom. The van der Waals surface area contributed by atoms with Gasteiger partial charge in [-0.05, 0) is 43.5 Å². The number of rotatable bonds is 10. The van der Waals surface area contributed by atoms with E-state index in [1.165, 1.54) is 0 Å². The highest BCUT2D eigenvalue weighted by atomic mass is 16.5. The van der Waals surface area contributed by atoms with Gasteiger partial charge in [-0.15, -0.1) is 0 Å². The Balaban J connectivity index is 2.18. The molecule has 0 saturated heterocycles. The highest BCUT2D eigenvalue weighted by Gasteiger charge is 2.07. The van der Waals surface area contributed by atoms with Gasteiger partial charge >= 0.3 is 0 Å². The van der Waals surface area contributed by atoms with Gasteiger partial charge in [0.15, 0.2) is 0 Å². The van der Waals surface area contributed by atoms with Crippen molar-refractivity contribution in [1.29, 1.82) is 0 Å². The van der Waals surface area contributed by atoms with Crippen LogP contribution < -0.4 is 10.1 Å². The number of benzene rings is 1. The normalized spacial score (nSPS) is 12.4. The number of ether oxygens (including phenoxy) is 2. The molecule has 4 nitrogen and oxygen atoms in total. The Kier molecular flexibility index (Phi) is 8.21. The molecular weight excluding hydrogens is 242 g/mol. The summed E-state index contributed by atoms with van der Waals surface area (Å²) in [4.78, 5) is 0. The van der Waals surface area contributed by atoms with Crippen molar-refractivity contribution in [2.24, 2.45) is 0 Å². The molecule has 0 spiro atoms. The van der Waals surface area contributed by atoms with Gasteiger partial charge in [0.25, 0.3) is 0 Å². The third kappa shape index (κ3) is 6.57. The number of aliphatic hydroxyl groups excluding tert-OH is 1. The van der Waals surface area contributed by atoms with Crippen LogP contribution in [0.2, 0.25) is 0 Å². The fraction of sp³-hybridized carbons (Fsp3) is 0.600. The fourth-order valence-corrected chi connectivity index (χ4v) is 1.88. The molecule has 0 bridgehead atoms. The number of unbranched alkanes of at least 4 members (excludes halogenated alkanes) is 2. The molecule has 0 fully saturated rings. The first-order valence-electron chi connectivity index (χ1n) is 6.79. The van der Waals surface area contributed by atoms with Gasteiger partial charge in [-0.25, -0.2) is 0 Å². The zero-order chi connectivity index (χ0) is 13.9. The van der Waals surface area contributed by atoms with E-state index in [4.69, 9.17) is 9.47 Å². The molecule has 1 rings (SSSR count). The minimum absolute atomic E-state index is 0.492. The summed E-state index contributed by atoms with van der Waals surface area (Å²) >= 11 is 0. The molecule has 1 aromatic rings. The molecule has 1 unspecified atom stereocenters. The van der Waals surface area contributed by atoms with Gasteiger partial charge in [0.1, 0.15) is 5.75 Å². The van der Waals surface area contributed by atoms with E-state index in [1.54, 1.807) is 14.2 Å². The summed E-state index contributed by atoms with van der Waals surface area (Å²) in [6.45, 7) is 2.31. The summed E-state index contributed by atoms with van der Waals surface area (Å²) in [5.74, 6) is 0.774. The number of hydrogen-bond acceptors (Lipinski definition) is 4. The van der Waals surface area contributed by atoms with Crippen molar-refractivity contribution in [2.75, 3.05) is 33.9 Å². The summed E-state index contributed by atoms with van der Waals surface area (Å²) in [6, 6.07) is 7.54. The van der Waals surface area contributed by atoms with E-state index < -0.39 is 6.10 Å². The quantitative estimate of drug-likeness (QED) is 0.638. The summed E-state index contributed by atoms with van der Waals surface area (Å²) in [6.07, 6.45) is 2.86. The minimum Gasteiger partial charge on any atom is -0.497 e. The molecule has 19 heavy (non-hydrogen) atoms. The highest BCUT2D eigenvalue weighted by molar-refractivity contribution is 5.29. The lowest BCUT2D eigenvalue weighted by atomic mass is 10.1. The molecule has 0 radical (unpaired) electrons. The lowest BCUT2D eigenvalue weighted by Crippen LogP contribution is -2.22. The fourth-order valence-electron chi connectivity index (χ4n) is 1.88. The molecule has 108 valence electrons. The first-order chi connectivity index (χ1) is 9.27. The maximum atomic E-state index is 10.0. The Morgan fingerprint density at radius 2 is 2.05 bits per heavy atom. The van der Waals surface area contributed by atoms with Crippen LogP contribution in [0.25, 0.3) is 0 Å². The van der Waals surface area contributed by atoms with Crippen molar-refractivity contribution in [2.45, 2.75) is 25.4 Å². The van der Waals surface area contributed by atoms with Gasteiger partial charge in [0.05, 0.1) is 13.2 Å². The van der Waals surface area contributed by atoms with Gasteiger partial charge in [-0.2, -0.15) is 0 Å². The average Bonchev–Trinajstić information content (AvgIpc) is 2.46. The van der Waals surface area contributed by atoms with E-state index in [-0.39, 0.29) is 0 Å². The second kappa shape index (κ2) is 9.78. The first-order valence-corrected chi connectivity index (χ1v) is 6.79. The van der Waals surface area contributed by atoms with E-state index in [1.807, 2.05) is 24.3 Å². The van der Waals surface area contributed by atoms with E-state index in [9.17, 15) is 5.11 Å². The van der Waals surface area contributed by atoms with Crippen LogP contribution in [-0.4, -0.2) is 39.0 Å². The zero-order valence-electron chi connectivity index (χ0n) is 11.9. The Hall–Kier alpha value is -1.10. The van der Waals surface area contributed by atoms with Crippen molar-refractivity contribution in [3.8, 4) is 5.75 Å². The average molecular weight is 267 g/mol. The van der Waals surface area contributed by atoms with Crippen molar-refractivity contribution in [3.05, 3.63) is 29.8 Å². The SMILES string of the molecule is COCCCCCNCC(O)c1cccc(OC)c1. The van der Waals surface area contributed by atoms with Crippen LogP contribution in [-0.2, 0) is 4.74 Å². The van der Waals surface area contributed by atoms with Gasteiger partial charge in [0.2, 0.25) is 0 Å². The van der Waals surface area contributed by atoms with E-state index in [0.29, 0.717) is 6.54 Å². The molecule has 4 heteroatoms. The maximum Gasteiger partial charge on any atom is 0.119 e. The lowest BCUT2D eigenvalue weighted by Gasteiger charge is -2.13. The van der Waals surface area contributed by atoms with Gasteiger partial charge in [-0.3, -0.25) is 0 Å². The van der Waals surface area contributed by atoms with Crippen LogP contribution in [0.3, 0.4) is 0 Å². The smallest absolute Gasteiger partial charge is 0.119 e. The van der Waals surface area contributed by atoms with Gasteiger partial charge in [-0.1, -0.05) is 12.1 Å². The third-order valence-corrected chi connectivity index (χ3v) is 3.02. The van der Waals surface area contributed by atoms with Crippen LogP contribution in [0.1, 0.15) is 30.9 Å². The van der Waals surface area contributed by atoms with Gasteiger partial charge in [0, 0.05) is 20.3 Å². The third-order valence-electron chi connectivity index (χ3n) is 3.02. The van der Waals surface area contributed by atoms with E-state index in [2.05, 4.69) is 5.32 Å². The van der Waals surface area contributed by atoms with Crippen molar-refractivity contribution in [1.82, 2.24) is 5.32 Å².